The van der Waals surface area contributed by atoms with Crippen LogP contribution in [-0.4, -0.2) is 63.8 Å². The molecule has 0 aliphatic carbocycles. The molecule has 3 heterocycles. The second-order valence-corrected chi connectivity index (χ2v) is 5.54. The summed E-state index contributed by atoms with van der Waals surface area (Å²) in [5, 5.41) is 12.8. The van der Waals surface area contributed by atoms with E-state index in [1.54, 1.807) is 4.90 Å². The molecule has 8 nitrogen and oxygen atoms in total. The summed E-state index contributed by atoms with van der Waals surface area (Å²) in [7, 11) is 0. The first-order valence-electron chi connectivity index (χ1n) is 7.39. The van der Waals surface area contributed by atoms with E-state index in [0.29, 0.717) is 52.1 Å². The zero-order valence-corrected chi connectivity index (χ0v) is 12.2. The number of aryl methyl sites for hydroxylation is 1. The first-order valence-corrected chi connectivity index (χ1v) is 7.39. The van der Waals surface area contributed by atoms with Crippen LogP contribution in [0.2, 0.25) is 0 Å². The highest BCUT2D eigenvalue weighted by Gasteiger charge is 2.40. The lowest BCUT2D eigenvalue weighted by atomic mass is 10.0. The molecule has 22 heavy (non-hydrogen) atoms. The molecule has 0 unspecified atom stereocenters. The fraction of sp³-hybridized carbons (Fsp3) is 0.643. The van der Waals surface area contributed by atoms with Crippen LogP contribution in [0.5, 0.6) is 0 Å². The molecule has 1 spiro atoms. The number of nitrogens with zero attached hydrogens (tertiary/aromatic N) is 3. The summed E-state index contributed by atoms with van der Waals surface area (Å²) in [6.07, 6.45) is 4.41. The number of aromatic carboxylic acids is 1. The Hall–Kier alpha value is -1.93. The third-order valence-corrected chi connectivity index (χ3v) is 4.13. The second kappa shape index (κ2) is 6.05. The minimum absolute atomic E-state index is 0.0419. The number of carboxylic acids is 1. The van der Waals surface area contributed by atoms with Gasteiger partial charge in [-0.15, -0.1) is 0 Å². The maximum Gasteiger partial charge on any atom is 0.338 e. The lowest BCUT2D eigenvalue weighted by Gasteiger charge is -2.37. The van der Waals surface area contributed by atoms with Crippen molar-refractivity contribution in [1.29, 1.82) is 0 Å². The molecular weight excluding hydrogens is 290 g/mol. The minimum atomic E-state index is -1.02. The molecule has 1 aromatic rings. The fourth-order valence-corrected chi connectivity index (χ4v) is 2.85. The molecule has 3 rings (SSSR count). The summed E-state index contributed by atoms with van der Waals surface area (Å²) < 4.78 is 12.8. The van der Waals surface area contributed by atoms with Crippen molar-refractivity contribution >= 4 is 11.9 Å². The van der Waals surface area contributed by atoms with Gasteiger partial charge in [0.15, 0.2) is 5.79 Å². The number of likely N-dealkylation sites (tertiary alicyclic amines) is 1. The van der Waals surface area contributed by atoms with Gasteiger partial charge < -0.3 is 19.5 Å². The molecule has 2 aliphatic heterocycles. The molecule has 8 heteroatoms. The quantitative estimate of drug-likeness (QED) is 0.862. The average Bonchev–Trinajstić information content (AvgIpc) is 3.15. The maximum atomic E-state index is 12.2. The van der Waals surface area contributed by atoms with Crippen LogP contribution in [0.25, 0.3) is 0 Å². The topological polar surface area (TPSA) is 93.9 Å². The van der Waals surface area contributed by atoms with Crippen LogP contribution < -0.4 is 0 Å². The zero-order valence-electron chi connectivity index (χ0n) is 12.2. The molecule has 120 valence electrons. The molecule has 1 N–H and O–H groups in total. The highest BCUT2D eigenvalue weighted by atomic mass is 16.7. The highest BCUT2D eigenvalue weighted by molar-refractivity contribution is 5.86. The number of ether oxygens (including phenoxy) is 2. The van der Waals surface area contributed by atoms with Crippen molar-refractivity contribution in [2.24, 2.45) is 0 Å². The molecule has 0 atom stereocenters. The van der Waals surface area contributed by atoms with E-state index in [9.17, 15) is 9.59 Å². The van der Waals surface area contributed by atoms with Crippen LogP contribution in [-0.2, 0) is 20.8 Å². The van der Waals surface area contributed by atoms with Crippen LogP contribution in [0.3, 0.4) is 0 Å². The molecule has 0 saturated carbocycles. The number of amides is 1. The van der Waals surface area contributed by atoms with Crippen molar-refractivity contribution < 1.29 is 24.2 Å². The minimum Gasteiger partial charge on any atom is -0.478 e. The van der Waals surface area contributed by atoms with Gasteiger partial charge in [0.05, 0.1) is 25.0 Å². The molecule has 1 amide bonds. The highest BCUT2D eigenvalue weighted by Crippen LogP contribution is 2.31. The summed E-state index contributed by atoms with van der Waals surface area (Å²) in [6.45, 7) is 2.87. The maximum absolute atomic E-state index is 12.2. The number of carboxylic acid groups (broad SMARTS) is 1. The summed E-state index contributed by atoms with van der Waals surface area (Å²) >= 11 is 0. The van der Waals surface area contributed by atoms with E-state index in [1.807, 2.05) is 0 Å². The largest absolute Gasteiger partial charge is 0.478 e. The van der Waals surface area contributed by atoms with Gasteiger partial charge in [0, 0.05) is 45.1 Å². The molecule has 2 saturated heterocycles. The second-order valence-electron chi connectivity index (χ2n) is 5.54. The van der Waals surface area contributed by atoms with E-state index in [2.05, 4.69) is 5.10 Å². The van der Waals surface area contributed by atoms with E-state index in [0.717, 1.165) is 0 Å². The third-order valence-electron chi connectivity index (χ3n) is 4.13. The van der Waals surface area contributed by atoms with E-state index in [4.69, 9.17) is 14.6 Å². The Morgan fingerprint density at radius 2 is 1.95 bits per heavy atom. The fourth-order valence-electron chi connectivity index (χ4n) is 2.85. The number of rotatable bonds is 4. The number of carbonyl (C=O) groups is 2. The zero-order chi connectivity index (χ0) is 15.6. The smallest absolute Gasteiger partial charge is 0.338 e. The van der Waals surface area contributed by atoms with Crippen molar-refractivity contribution in [3.05, 3.63) is 18.0 Å². The van der Waals surface area contributed by atoms with Gasteiger partial charge in [-0.05, 0) is 0 Å². The first-order chi connectivity index (χ1) is 10.6. The lowest BCUT2D eigenvalue weighted by molar-refractivity contribution is -0.187. The number of piperidine rings is 1. The monoisotopic (exact) mass is 309 g/mol. The standard InChI is InChI=1S/C14H19N3O5/c18-12(1-4-17-10-11(9-15-17)13(19)20)16-5-2-14(3-6-16)21-7-8-22-14/h9-10H,1-8H2,(H,19,20). The molecule has 1 aromatic heterocycles. The third kappa shape index (κ3) is 3.12. The molecule has 2 fully saturated rings. The molecule has 2 aliphatic rings. The van der Waals surface area contributed by atoms with Gasteiger partial charge in [0.2, 0.25) is 5.91 Å². The van der Waals surface area contributed by atoms with Gasteiger partial charge in [-0.25, -0.2) is 4.79 Å². The van der Waals surface area contributed by atoms with Crippen molar-refractivity contribution in [3.8, 4) is 0 Å². The number of carbonyl (C=O) groups excluding carboxylic acids is 1. The Bertz CT molecular complexity index is 555. The summed E-state index contributed by atoms with van der Waals surface area (Å²) in [4.78, 5) is 24.8. The molecule has 0 bridgehead atoms. The van der Waals surface area contributed by atoms with Crippen LogP contribution >= 0.6 is 0 Å². The SMILES string of the molecule is O=C(O)c1cnn(CCC(=O)N2CCC3(CC2)OCCO3)c1. The van der Waals surface area contributed by atoms with Crippen molar-refractivity contribution in [3.63, 3.8) is 0 Å². The Kier molecular flexibility index (Phi) is 4.12. The van der Waals surface area contributed by atoms with Crippen LogP contribution in [0, 0.1) is 0 Å². The number of hydrogen-bond acceptors (Lipinski definition) is 5. The predicted molar refractivity (Wildman–Crippen MR) is 74.3 cm³/mol. The Balaban J connectivity index is 1.47. The lowest BCUT2D eigenvalue weighted by Crippen LogP contribution is -2.47. The van der Waals surface area contributed by atoms with Crippen molar-refractivity contribution in [2.45, 2.75) is 31.6 Å². The van der Waals surface area contributed by atoms with Gasteiger partial charge in [-0.3, -0.25) is 9.48 Å². The summed E-state index contributed by atoms with van der Waals surface area (Å²) in [5.74, 6) is -1.45. The summed E-state index contributed by atoms with van der Waals surface area (Å²) in [5.41, 5.74) is 0.128. The van der Waals surface area contributed by atoms with E-state index in [-0.39, 0.29) is 11.5 Å². The summed E-state index contributed by atoms with van der Waals surface area (Å²) in [6, 6.07) is 0. The Morgan fingerprint density at radius 1 is 1.27 bits per heavy atom. The Labute approximate surface area is 127 Å². The first kappa shape index (κ1) is 15.0. The van der Waals surface area contributed by atoms with Crippen LogP contribution in [0.4, 0.5) is 0 Å². The van der Waals surface area contributed by atoms with Crippen molar-refractivity contribution in [2.75, 3.05) is 26.3 Å². The van der Waals surface area contributed by atoms with E-state index in [1.165, 1.54) is 17.1 Å². The molecular formula is C14H19N3O5. The van der Waals surface area contributed by atoms with Gasteiger partial charge in [-0.1, -0.05) is 0 Å². The average molecular weight is 309 g/mol. The van der Waals surface area contributed by atoms with Crippen LogP contribution in [0.1, 0.15) is 29.6 Å². The van der Waals surface area contributed by atoms with Gasteiger partial charge in [0.25, 0.3) is 0 Å². The molecule has 0 aromatic carbocycles. The van der Waals surface area contributed by atoms with Gasteiger partial charge in [-0.2, -0.15) is 5.10 Å². The van der Waals surface area contributed by atoms with Crippen LogP contribution in [0.15, 0.2) is 12.4 Å². The van der Waals surface area contributed by atoms with Gasteiger partial charge in [0.1, 0.15) is 0 Å². The van der Waals surface area contributed by atoms with E-state index < -0.39 is 11.8 Å². The normalized spacial score (nSPS) is 20.5. The number of hydrogen-bond donors (Lipinski definition) is 1. The molecule has 0 radical (unpaired) electrons. The van der Waals surface area contributed by atoms with Gasteiger partial charge >= 0.3 is 5.97 Å². The Morgan fingerprint density at radius 3 is 2.55 bits per heavy atom. The van der Waals surface area contributed by atoms with E-state index >= 15 is 0 Å². The predicted octanol–water partition coefficient (Wildman–Crippen LogP) is 0.337. The number of aromatic nitrogens is 2. The van der Waals surface area contributed by atoms with Crippen molar-refractivity contribution in [1.82, 2.24) is 14.7 Å².